The van der Waals surface area contributed by atoms with Crippen LogP contribution in [0.2, 0.25) is 0 Å². The van der Waals surface area contributed by atoms with Crippen LogP contribution in [-0.4, -0.2) is 28.3 Å². The van der Waals surface area contributed by atoms with Gasteiger partial charge in [0, 0.05) is 49.5 Å². The Morgan fingerprint density at radius 1 is 1.41 bits per heavy atom. The van der Waals surface area contributed by atoms with Gasteiger partial charge < -0.3 is 14.5 Å². The van der Waals surface area contributed by atoms with E-state index in [-0.39, 0.29) is 11.9 Å². The SMILES string of the molecule is CC(CCc1ccco1)NC(=O)CCc1nn(CC2CC2)c2c1COCC2. The molecule has 1 amide bonds. The first kappa shape index (κ1) is 18.3. The van der Waals surface area contributed by atoms with Crippen molar-refractivity contribution in [3.63, 3.8) is 0 Å². The molecule has 6 nitrogen and oxygen atoms in total. The molecule has 0 spiro atoms. The standard InChI is InChI=1S/C21H29N3O3/c1-15(4-7-17-3-2-11-27-17)22-21(25)9-8-19-18-14-26-12-10-20(18)24(23-19)13-16-5-6-16/h2-3,11,15-16H,4-10,12-14H2,1H3,(H,22,25). The molecule has 0 radical (unpaired) electrons. The number of amides is 1. The van der Waals surface area contributed by atoms with Gasteiger partial charge in [-0.15, -0.1) is 0 Å². The van der Waals surface area contributed by atoms with Crippen molar-refractivity contribution in [1.29, 1.82) is 0 Å². The molecule has 0 bridgehead atoms. The van der Waals surface area contributed by atoms with E-state index in [0.717, 1.165) is 49.8 Å². The zero-order chi connectivity index (χ0) is 18.6. The molecule has 4 rings (SSSR count). The molecule has 1 fully saturated rings. The number of rotatable bonds is 9. The lowest BCUT2D eigenvalue weighted by Gasteiger charge is -2.15. The van der Waals surface area contributed by atoms with Crippen molar-refractivity contribution >= 4 is 5.91 Å². The molecule has 0 aromatic carbocycles. The van der Waals surface area contributed by atoms with Gasteiger partial charge in [0.25, 0.3) is 0 Å². The summed E-state index contributed by atoms with van der Waals surface area (Å²) < 4.78 is 13.2. The predicted octanol–water partition coefficient (Wildman–Crippen LogP) is 3.03. The van der Waals surface area contributed by atoms with Crippen LogP contribution >= 0.6 is 0 Å². The second-order valence-electron chi connectivity index (χ2n) is 7.89. The van der Waals surface area contributed by atoms with Gasteiger partial charge in [-0.1, -0.05) is 0 Å². The Morgan fingerprint density at radius 2 is 2.30 bits per heavy atom. The summed E-state index contributed by atoms with van der Waals surface area (Å²) in [6.07, 6.45) is 8.12. The molecule has 0 saturated heterocycles. The van der Waals surface area contributed by atoms with Crippen LogP contribution in [0.25, 0.3) is 0 Å². The molecule has 1 aliphatic carbocycles. The average Bonchev–Trinajstić information content (AvgIpc) is 3.20. The first-order valence-corrected chi connectivity index (χ1v) is 10.2. The van der Waals surface area contributed by atoms with E-state index in [1.807, 2.05) is 19.1 Å². The molecule has 27 heavy (non-hydrogen) atoms. The van der Waals surface area contributed by atoms with E-state index in [4.69, 9.17) is 14.3 Å². The molecule has 2 aromatic rings. The van der Waals surface area contributed by atoms with E-state index in [1.54, 1.807) is 6.26 Å². The summed E-state index contributed by atoms with van der Waals surface area (Å²) in [5, 5.41) is 7.93. The number of fused-ring (bicyclic) bond motifs is 1. The van der Waals surface area contributed by atoms with E-state index in [9.17, 15) is 4.79 Å². The number of hydrogen-bond acceptors (Lipinski definition) is 4. The lowest BCUT2D eigenvalue weighted by Crippen LogP contribution is -2.33. The largest absolute Gasteiger partial charge is 0.469 e. The maximum atomic E-state index is 12.4. The number of hydrogen-bond donors (Lipinski definition) is 1. The Morgan fingerprint density at radius 3 is 3.07 bits per heavy atom. The minimum atomic E-state index is 0.0872. The molecule has 1 saturated carbocycles. The number of aromatic nitrogens is 2. The van der Waals surface area contributed by atoms with Gasteiger partial charge in [-0.25, -0.2) is 0 Å². The fourth-order valence-corrected chi connectivity index (χ4v) is 3.74. The topological polar surface area (TPSA) is 69.3 Å². The molecule has 6 heteroatoms. The Kier molecular flexibility index (Phi) is 5.62. The second-order valence-corrected chi connectivity index (χ2v) is 7.89. The summed E-state index contributed by atoms with van der Waals surface area (Å²) in [4.78, 5) is 12.4. The lowest BCUT2D eigenvalue weighted by atomic mass is 10.1. The number of nitrogens with zero attached hydrogens (tertiary/aromatic N) is 2. The Bertz CT molecular complexity index is 762. The molecular formula is C21H29N3O3. The van der Waals surface area contributed by atoms with Crippen molar-refractivity contribution in [2.45, 2.75) is 71.1 Å². The highest BCUT2D eigenvalue weighted by atomic mass is 16.5. The van der Waals surface area contributed by atoms with Crippen LogP contribution < -0.4 is 5.32 Å². The van der Waals surface area contributed by atoms with E-state index in [2.05, 4.69) is 10.00 Å². The quantitative estimate of drug-likeness (QED) is 0.736. The fourth-order valence-electron chi connectivity index (χ4n) is 3.74. The van der Waals surface area contributed by atoms with E-state index >= 15 is 0 Å². The maximum Gasteiger partial charge on any atom is 0.220 e. The van der Waals surface area contributed by atoms with Crippen LogP contribution in [0.4, 0.5) is 0 Å². The summed E-state index contributed by atoms with van der Waals surface area (Å²) in [6, 6.07) is 4.00. The molecule has 1 aliphatic heterocycles. The van der Waals surface area contributed by atoms with Crippen LogP contribution in [0.3, 0.4) is 0 Å². The molecule has 2 aromatic heterocycles. The molecule has 1 atom stereocenters. The van der Waals surface area contributed by atoms with Crippen LogP contribution in [0, 0.1) is 5.92 Å². The van der Waals surface area contributed by atoms with Crippen molar-refractivity contribution in [3.8, 4) is 0 Å². The molecule has 146 valence electrons. The first-order valence-electron chi connectivity index (χ1n) is 10.2. The highest BCUT2D eigenvalue weighted by Crippen LogP contribution is 2.32. The summed E-state index contributed by atoms with van der Waals surface area (Å²) >= 11 is 0. The predicted molar refractivity (Wildman–Crippen MR) is 101 cm³/mol. The van der Waals surface area contributed by atoms with Gasteiger partial charge in [-0.3, -0.25) is 9.48 Å². The smallest absolute Gasteiger partial charge is 0.220 e. The van der Waals surface area contributed by atoms with E-state index in [1.165, 1.54) is 24.1 Å². The van der Waals surface area contributed by atoms with Gasteiger partial charge in [0.15, 0.2) is 0 Å². The number of nitrogens with one attached hydrogen (secondary N) is 1. The fraction of sp³-hybridized carbons (Fsp3) is 0.619. The normalized spacial score (nSPS) is 17.5. The Labute approximate surface area is 160 Å². The Hall–Kier alpha value is -2.08. The highest BCUT2D eigenvalue weighted by molar-refractivity contribution is 5.76. The zero-order valence-electron chi connectivity index (χ0n) is 16.1. The van der Waals surface area contributed by atoms with Gasteiger partial charge in [0.05, 0.1) is 25.2 Å². The monoisotopic (exact) mass is 371 g/mol. The van der Waals surface area contributed by atoms with Crippen molar-refractivity contribution in [1.82, 2.24) is 15.1 Å². The van der Waals surface area contributed by atoms with Crippen LogP contribution in [0.15, 0.2) is 22.8 Å². The van der Waals surface area contributed by atoms with Crippen LogP contribution in [-0.2, 0) is 41.9 Å². The third-order valence-electron chi connectivity index (χ3n) is 5.51. The molecule has 1 N–H and O–H groups in total. The number of aryl methyl sites for hydroxylation is 2. The van der Waals surface area contributed by atoms with E-state index < -0.39 is 0 Å². The van der Waals surface area contributed by atoms with Crippen molar-refractivity contribution < 1.29 is 13.9 Å². The van der Waals surface area contributed by atoms with Gasteiger partial charge >= 0.3 is 0 Å². The number of ether oxygens (including phenoxy) is 1. The van der Waals surface area contributed by atoms with Crippen molar-refractivity contribution in [2.24, 2.45) is 5.92 Å². The van der Waals surface area contributed by atoms with Crippen LogP contribution in [0.1, 0.15) is 55.3 Å². The second kappa shape index (κ2) is 8.30. The summed E-state index contributed by atoms with van der Waals surface area (Å²) in [5.74, 6) is 1.84. The molecular weight excluding hydrogens is 342 g/mol. The minimum Gasteiger partial charge on any atom is -0.469 e. The molecule has 2 aliphatic rings. The third-order valence-corrected chi connectivity index (χ3v) is 5.51. The van der Waals surface area contributed by atoms with Gasteiger partial charge in [-0.2, -0.15) is 5.10 Å². The zero-order valence-corrected chi connectivity index (χ0v) is 16.1. The summed E-state index contributed by atoms with van der Waals surface area (Å²) in [7, 11) is 0. The first-order chi connectivity index (χ1) is 13.2. The highest BCUT2D eigenvalue weighted by Gasteiger charge is 2.27. The van der Waals surface area contributed by atoms with Crippen LogP contribution in [0.5, 0.6) is 0 Å². The summed E-state index contributed by atoms with van der Waals surface area (Å²) in [5.41, 5.74) is 3.60. The molecule has 1 unspecified atom stereocenters. The lowest BCUT2D eigenvalue weighted by molar-refractivity contribution is -0.121. The number of carbonyl (C=O) groups excluding carboxylic acids is 1. The average molecular weight is 371 g/mol. The van der Waals surface area contributed by atoms with Gasteiger partial charge in [0.2, 0.25) is 5.91 Å². The van der Waals surface area contributed by atoms with Crippen molar-refractivity contribution in [2.75, 3.05) is 6.61 Å². The van der Waals surface area contributed by atoms with E-state index in [0.29, 0.717) is 19.4 Å². The number of furan rings is 1. The van der Waals surface area contributed by atoms with Gasteiger partial charge in [-0.05, 0) is 44.2 Å². The summed E-state index contributed by atoms with van der Waals surface area (Å²) in [6.45, 7) is 4.48. The molecule has 3 heterocycles. The van der Waals surface area contributed by atoms with Crippen molar-refractivity contribution in [3.05, 3.63) is 41.1 Å². The third kappa shape index (κ3) is 4.80. The maximum absolute atomic E-state index is 12.4. The Balaban J connectivity index is 1.28. The minimum absolute atomic E-state index is 0.0872. The van der Waals surface area contributed by atoms with Gasteiger partial charge in [0.1, 0.15) is 5.76 Å². The number of carbonyl (C=O) groups is 1.